The van der Waals surface area contributed by atoms with Crippen molar-refractivity contribution in [3.05, 3.63) is 64.4 Å². The molecule has 21 heavy (non-hydrogen) atoms. The number of ether oxygens (including phenoxy) is 1. The summed E-state index contributed by atoms with van der Waals surface area (Å²) in [7, 11) is 0. The van der Waals surface area contributed by atoms with Crippen molar-refractivity contribution in [1.82, 2.24) is 0 Å². The van der Waals surface area contributed by atoms with E-state index in [1.807, 2.05) is 25.1 Å². The van der Waals surface area contributed by atoms with E-state index in [-0.39, 0.29) is 16.2 Å². The fraction of sp³-hybridized carbons (Fsp3) is 0.118. The standard InChI is InChI=1S/C17H13ClFNO/c1-2-21-16-9-4-3-6-12(16)10-13(11-20)17-14(18)7-5-8-15(17)19/h3-10H,2H2,1H3/b13-10+. The SMILES string of the molecule is CCOc1ccccc1/C=C(\C#N)c1c(F)cccc1Cl. The van der Waals surface area contributed by atoms with Crippen LogP contribution in [0.5, 0.6) is 5.75 Å². The first-order valence-corrected chi connectivity index (χ1v) is 6.83. The molecule has 0 bridgehead atoms. The van der Waals surface area contributed by atoms with Gasteiger partial charge < -0.3 is 4.74 Å². The lowest BCUT2D eigenvalue weighted by Gasteiger charge is -2.08. The van der Waals surface area contributed by atoms with Gasteiger partial charge >= 0.3 is 0 Å². The minimum atomic E-state index is -0.524. The molecule has 2 aromatic carbocycles. The quantitative estimate of drug-likeness (QED) is 0.592. The summed E-state index contributed by atoms with van der Waals surface area (Å²) < 4.78 is 19.4. The van der Waals surface area contributed by atoms with Crippen LogP contribution in [0.25, 0.3) is 11.6 Å². The van der Waals surface area contributed by atoms with Crippen molar-refractivity contribution >= 4 is 23.3 Å². The van der Waals surface area contributed by atoms with Gasteiger partial charge in [-0.05, 0) is 31.2 Å². The smallest absolute Gasteiger partial charge is 0.133 e. The lowest BCUT2D eigenvalue weighted by Crippen LogP contribution is -1.94. The van der Waals surface area contributed by atoms with Gasteiger partial charge in [-0.15, -0.1) is 0 Å². The highest BCUT2D eigenvalue weighted by Crippen LogP contribution is 2.30. The molecule has 0 atom stereocenters. The molecule has 0 aliphatic rings. The minimum Gasteiger partial charge on any atom is -0.493 e. The van der Waals surface area contributed by atoms with E-state index in [1.165, 1.54) is 12.1 Å². The molecule has 0 aromatic heterocycles. The lowest BCUT2D eigenvalue weighted by atomic mass is 10.0. The molecule has 0 unspecified atom stereocenters. The van der Waals surface area contributed by atoms with E-state index in [9.17, 15) is 9.65 Å². The average Bonchev–Trinajstić information content (AvgIpc) is 2.48. The highest BCUT2D eigenvalue weighted by atomic mass is 35.5. The van der Waals surface area contributed by atoms with Crippen molar-refractivity contribution in [2.24, 2.45) is 0 Å². The topological polar surface area (TPSA) is 33.0 Å². The molecule has 0 saturated heterocycles. The third kappa shape index (κ3) is 3.42. The zero-order chi connectivity index (χ0) is 15.2. The summed E-state index contributed by atoms with van der Waals surface area (Å²) in [6, 6.07) is 13.6. The fourth-order valence-electron chi connectivity index (χ4n) is 1.96. The average molecular weight is 302 g/mol. The van der Waals surface area contributed by atoms with E-state index in [0.29, 0.717) is 17.9 Å². The first kappa shape index (κ1) is 15.1. The number of hydrogen-bond acceptors (Lipinski definition) is 2. The van der Waals surface area contributed by atoms with Crippen LogP contribution in [0.3, 0.4) is 0 Å². The number of hydrogen-bond donors (Lipinski definition) is 0. The van der Waals surface area contributed by atoms with Gasteiger partial charge in [0.15, 0.2) is 0 Å². The van der Waals surface area contributed by atoms with Crippen LogP contribution in [0.1, 0.15) is 18.1 Å². The van der Waals surface area contributed by atoms with Gasteiger partial charge in [0, 0.05) is 11.1 Å². The van der Waals surface area contributed by atoms with Crippen LogP contribution in [0.4, 0.5) is 4.39 Å². The summed E-state index contributed by atoms with van der Waals surface area (Å²) in [5.41, 5.74) is 0.966. The number of nitrogens with zero attached hydrogens (tertiary/aromatic N) is 1. The van der Waals surface area contributed by atoms with Crippen LogP contribution in [-0.4, -0.2) is 6.61 Å². The van der Waals surface area contributed by atoms with Gasteiger partial charge in [-0.2, -0.15) is 5.26 Å². The fourth-order valence-corrected chi connectivity index (χ4v) is 2.22. The molecule has 0 amide bonds. The van der Waals surface area contributed by atoms with Crippen molar-refractivity contribution < 1.29 is 9.13 Å². The molecule has 2 rings (SSSR count). The maximum absolute atomic E-state index is 13.9. The summed E-state index contributed by atoms with van der Waals surface area (Å²) in [4.78, 5) is 0. The Morgan fingerprint density at radius 1 is 1.29 bits per heavy atom. The molecular formula is C17H13ClFNO. The Morgan fingerprint density at radius 3 is 2.71 bits per heavy atom. The lowest BCUT2D eigenvalue weighted by molar-refractivity contribution is 0.339. The largest absolute Gasteiger partial charge is 0.493 e. The molecular weight excluding hydrogens is 289 g/mol. The van der Waals surface area contributed by atoms with Crippen LogP contribution < -0.4 is 4.74 Å². The monoisotopic (exact) mass is 301 g/mol. The highest BCUT2D eigenvalue weighted by molar-refractivity contribution is 6.32. The second kappa shape index (κ2) is 6.92. The Hall–Kier alpha value is -2.31. The minimum absolute atomic E-state index is 0.105. The van der Waals surface area contributed by atoms with E-state index in [2.05, 4.69) is 0 Å². The van der Waals surface area contributed by atoms with Crippen molar-refractivity contribution in [2.45, 2.75) is 6.92 Å². The van der Waals surface area contributed by atoms with Gasteiger partial charge in [0.1, 0.15) is 11.6 Å². The van der Waals surface area contributed by atoms with Gasteiger partial charge in [-0.3, -0.25) is 0 Å². The zero-order valence-electron chi connectivity index (χ0n) is 11.4. The Morgan fingerprint density at radius 2 is 2.05 bits per heavy atom. The summed E-state index contributed by atoms with van der Waals surface area (Å²) in [6.07, 6.45) is 1.58. The molecule has 0 spiro atoms. The molecule has 0 aliphatic heterocycles. The second-order valence-electron chi connectivity index (χ2n) is 4.24. The van der Waals surface area contributed by atoms with E-state index in [0.717, 1.165) is 0 Å². The van der Waals surface area contributed by atoms with Crippen LogP contribution in [0.2, 0.25) is 5.02 Å². The Bertz CT molecular complexity index is 699. The number of nitriles is 1. The Kier molecular flexibility index (Phi) is 4.97. The molecule has 0 N–H and O–H groups in total. The van der Waals surface area contributed by atoms with Crippen LogP contribution in [-0.2, 0) is 0 Å². The van der Waals surface area contributed by atoms with Crippen LogP contribution >= 0.6 is 11.6 Å². The number of allylic oxidation sites excluding steroid dienone is 1. The van der Waals surface area contributed by atoms with E-state index in [1.54, 1.807) is 24.3 Å². The third-order valence-electron chi connectivity index (χ3n) is 2.87. The van der Waals surface area contributed by atoms with Gasteiger partial charge in [-0.1, -0.05) is 35.9 Å². The van der Waals surface area contributed by atoms with Crippen LogP contribution in [0.15, 0.2) is 42.5 Å². The molecule has 0 aliphatic carbocycles. The predicted octanol–water partition coefficient (Wildman–Crippen LogP) is 4.94. The zero-order valence-corrected chi connectivity index (χ0v) is 12.2. The predicted molar refractivity (Wildman–Crippen MR) is 82.5 cm³/mol. The molecule has 0 radical (unpaired) electrons. The van der Waals surface area contributed by atoms with Crippen molar-refractivity contribution in [3.63, 3.8) is 0 Å². The summed E-state index contributed by atoms with van der Waals surface area (Å²) in [5, 5.41) is 9.53. The molecule has 0 fully saturated rings. The van der Waals surface area contributed by atoms with Crippen LogP contribution in [0, 0.1) is 17.1 Å². The van der Waals surface area contributed by atoms with Crippen molar-refractivity contribution in [1.29, 1.82) is 5.26 Å². The van der Waals surface area contributed by atoms with E-state index < -0.39 is 5.82 Å². The van der Waals surface area contributed by atoms with Crippen molar-refractivity contribution in [2.75, 3.05) is 6.61 Å². The third-order valence-corrected chi connectivity index (χ3v) is 3.19. The number of para-hydroxylation sites is 1. The van der Waals surface area contributed by atoms with Crippen molar-refractivity contribution in [3.8, 4) is 11.8 Å². The second-order valence-corrected chi connectivity index (χ2v) is 4.64. The highest BCUT2D eigenvalue weighted by Gasteiger charge is 2.13. The molecule has 0 heterocycles. The molecule has 2 aromatic rings. The van der Waals surface area contributed by atoms with Gasteiger partial charge in [0.25, 0.3) is 0 Å². The summed E-state index contributed by atoms with van der Waals surface area (Å²) in [6.45, 7) is 2.38. The molecule has 2 nitrogen and oxygen atoms in total. The Labute approximate surface area is 128 Å². The van der Waals surface area contributed by atoms with E-state index >= 15 is 0 Å². The number of halogens is 2. The number of rotatable bonds is 4. The van der Waals surface area contributed by atoms with Gasteiger partial charge in [0.2, 0.25) is 0 Å². The normalized spacial score (nSPS) is 11.0. The van der Waals surface area contributed by atoms with Gasteiger partial charge in [-0.25, -0.2) is 4.39 Å². The van der Waals surface area contributed by atoms with E-state index in [4.69, 9.17) is 16.3 Å². The molecule has 0 saturated carbocycles. The molecule has 4 heteroatoms. The summed E-state index contributed by atoms with van der Waals surface area (Å²) >= 11 is 6.01. The summed E-state index contributed by atoms with van der Waals surface area (Å²) in [5.74, 6) is 0.115. The Balaban J connectivity index is 2.55. The maximum atomic E-state index is 13.9. The number of benzene rings is 2. The first-order chi connectivity index (χ1) is 10.2. The molecule has 106 valence electrons. The van der Waals surface area contributed by atoms with Gasteiger partial charge in [0.05, 0.1) is 23.3 Å². The first-order valence-electron chi connectivity index (χ1n) is 6.45. The maximum Gasteiger partial charge on any atom is 0.133 e.